The zero-order valence-corrected chi connectivity index (χ0v) is 9.35. The molecule has 3 N–H and O–H groups in total. The standard InChI is InChI=1S/C10H18N2O4/c1-10(5-11-6-10)16-4-9(15)12-2-7(13)8(14)3-12/h7-8,11,13-14H,2-6H2,1H3. The largest absolute Gasteiger partial charge is 0.388 e. The van der Waals surface area contributed by atoms with Gasteiger partial charge in [0.1, 0.15) is 6.61 Å². The van der Waals surface area contributed by atoms with Crippen LogP contribution in [0.25, 0.3) is 0 Å². The van der Waals surface area contributed by atoms with Crippen LogP contribution in [0.1, 0.15) is 6.92 Å². The molecule has 0 aromatic rings. The summed E-state index contributed by atoms with van der Waals surface area (Å²) >= 11 is 0. The number of amides is 1. The average Bonchev–Trinajstić information content (AvgIpc) is 2.53. The summed E-state index contributed by atoms with van der Waals surface area (Å²) < 4.78 is 5.49. The number of nitrogens with one attached hydrogen (secondary N) is 1. The third kappa shape index (κ3) is 2.35. The summed E-state index contributed by atoms with van der Waals surface area (Å²) in [5, 5.41) is 21.7. The van der Waals surface area contributed by atoms with Crippen LogP contribution in [0.3, 0.4) is 0 Å². The molecule has 2 fully saturated rings. The molecule has 2 heterocycles. The number of aliphatic hydroxyl groups is 2. The highest BCUT2D eigenvalue weighted by molar-refractivity contribution is 5.78. The van der Waals surface area contributed by atoms with Gasteiger partial charge in [-0.15, -0.1) is 0 Å². The molecule has 0 aliphatic carbocycles. The minimum absolute atomic E-state index is 0.0115. The van der Waals surface area contributed by atoms with E-state index < -0.39 is 12.2 Å². The number of rotatable bonds is 3. The molecule has 6 nitrogen and oxygen atoms in total. The molecule has 0 bridgehead atoms. The van der Waals surface area contributed by atoms with Crippen molar-refractivity contribution in [1.29, 1.82) is 0 Å². The average molecular weight is 230 g/mol. The Hall–Kier alpha value is -0.690. The second-order valence-corrected chi connectivity index (χ2v) is 4.78. The van der Waals surface area contributed by atoms with Gasteiger partial charge < -0.3 is 25.2 Å². The van der Waals surface area contributed by atoms with Crippen molar-refractivity contribution in [2.45, 2.75) is 24.7 Å². The first kappa shape index (κ1) is 11.8. The Kier molecular flexibility index (Phi) is 3.16. The van der Waals surface area contributed by atoms with E-state index in [0.29, 0.717) is 0 Å². The van der Waals surface area contributed by atoms with Crippen LogP contribution >= 0.6 is 0 Å². The molecule has 2 saturated heterocycles. The predicted molar refractivity (Wildman–Crippen MR) is 55.8 cm³/mol. The van der Waals surface area contributed by atoms with Crippen LogP contribution in [0.15, 0.2) is 0 Å². The van der Waals surface area contributed by atoms with E-state index in [1.807, 2.05) is 6.92 Å². The van der Waals surface area contributed by atoms with E-state index in [4.69, 9.17) is 4.74 Å². The Bertz CT molecular complexity index is 270. The topological polar surface area (TPSA) is 82.0 Å². The number of hydrogen-bond acceptors (Lipinski definition) is 5. The first-order valence-electron chi connectivity index (χ1n) is 5.49. The van der Waals surface area contributed by atoms with Crippen LogP contribution in [-0.4, -0.2) is 71.6 Å². The summed E-state index contributed by atoms with van der Waals surface area (Å²) in [6.07, 6.45) is -1.66. The zero-order chi connectivity index (χ0) is 11.8. The lowest BCUT2D eigenvalue weighted by Gasteiger charge is -2.39. The molecule has 2 atom stereocenters. The number of carbonyl (C=O) groups excluding carboxylic acids is 1. The van der Waals surface area contributed by atoms with Crippen molar-refractivity contribution in [3.8, 4) is 0 Å². The van der Waals surface area contributed by atoms with E-state index in [-0.39, 0.29) is 31.2 Å². The maximum Gasteiger partial charge on any atom is 0.248 e. The fraction of sp³-hybridized carbons (Fsp3) is 0.900. The van der Waals surface area contributed by atoms with Crippen molar-refractivity contribution in [1.82, 2.24) is 10.2 Å². The molecule has 2 unspecified atom stereocenters. The molecule has 2 aliphatic rings. The van der Waals surface area contributed by atoms with Gasteiger partial charge >= 0.3 is 0 Å². The van der Waals surface area contributed by atoms with Crippen LogP contribution in [0.4, 0.5) is 0 Å². The van der Waals surface area contributed by atoms with Crippen LogP contribution in [0.5, 0.6) is 0 Å². The molecule has 2 aliphatic heterocycles. The van der Waals surface area contributed by atoms with Crippen molar-refractivity contribution in [2.24, 2.45) is 0 Å². The smallest absolute Gasteiger partial charge is 0.248 e. The van der Waals surface area contributed by atoms with E-state index in [2.05, 4.69) is 5.32 Å². The summed E-state index contributed by atoms with van der Waals surface area (Å²) in [5.41, 5.74) is -0.243. The number of β-amino-alcohol motifs (C(OH)–C–C–N with tert-alkyl or cyclic N) is 2. The molecule has 2 rings (SSSR count). The minimum Gasteiger partial charge on any atom is -0.388 e. The number of aliphatic hydroxyl groups excluding tert-OH is 2. The van der Waals surface area contributed by atoms with Crippen molar-refractivity contribution in [3.05, 3.63) is 0 Å². The van der Waals surface area contributed by atoms with Crippen LogP contribution in [0.2, 0.25) is 0 Å². The van der Waals surface area contributed by atoms with Crippen LogP contribution < -0.4 is 5.32 Å². The van der Waals surface area contributed by atoms with E-state index in [1.54, 1.807) is 0 Å². The zero-order valence-electron chi connectivity index (χ0n) is 9.35. The third-order valence-corrected chi connectivity index (χ3v) is 3.15. The fourth-order valence-electron chi connectivity index (χ4n) is 1.88. The fourth-order valence-corrected chi connectivity index (χ4v) is 1.88. The van der Waals surface area contributed by atoms with E-state index in [0.717, 1.165) is 13.1 Å². The lowest BCUT2D eigenvalue weighted by Crippen LogP contribution is -2.59. The maximum absolute atomic E-state index is 11.7. The molecule has 0 aromatic carbocycles. The SMILES string of the molecule is CC1(OCC(=O)N2CC(O)C(O)C2)CNC1. The normalized spacial score (nSPS) is 32.6. The summed E-state index contributed by atoms with van der Waals surface area (Å²) in [7, 11) is 0. The van der Waals surface area contributed by atoms with Crippen LogP contribution in [-0.2, 0) is 9.53 Å². The van der Waals surface area contributed by atoms with Crippen molar-refractivity contribution in [2.75, 3.05) is 32.8 Å². The van der Waals surface area contributed by atoms with Crippen molar-refractivity contribution < 1.29 is 19.7 Å². The Balaban J connectivity index is 1.76. The Labute approximate surface area is 94.2 Å². The quantitative estimate of drug-likeness (QED) is 0.519. The third-order valence-electron chi connectivity index (χ3n) is 3.15. The Morgan fingerprint density at radius 1 is 1.44 bits per heavy atom. The van der Waals surface area contributed by atoms with Crippen molar-refractivity contribution in [3.63, 3.8) is 0 Å². The number of carbonyl (C=O) groups is 1. The highest BCUT2D eigenvalue weighted by Crippen LogP contribution is 2.16. The van der Waals surface area contributed by atoms with E-state index >= 15 is 0 Å². The van der Waals surface area contributed by atoms with Gasteiger partial charge in [-0.2, -0.15) is 0 Å². The van der Waals surface area contributed by atoms with E-state index in [1.165, 1.54) is 4.90 Å². The van der Waals surface area contributed by atoms with Gasteiger partial charge in [0, 0.05) is 26.2 Å². The molecule has 0 spiro atoms. The number of ether oxygens (including phenoxy) is 1. The van der Waals surface area contributed by atoms with Crippen LogP contribution in [0, 0.1) is 0 Å². The second-order valence-electron chi connectivity index (χ2n) is 4.78. The molecule has 92 valence electrons. The predicted octanol–water partition coefficient (Wildman–Crippen LogP) is -2.07. The first-order chi connectivity index (χ1) is 7.50. The summed E-state index contributed by atoms with van der Waals surface area (Å²) in [6.45, 7) is 3.86. The second kappa shape index (κ2) is 4.29. The van der Waals surface area contributed by atoms with Gasteiger partial charge in [0.2, 0.25) is 5.91 Å². The molecular weight excluding hydrogens is 212 g/mol. The molecular formula is C10H18N2O4. The summed E-state index contributed by atoms with van der Waals surface area (Å²) in [4.78, 5) is 13.1. The monoisotopic (exact) mass is 230 g/mol. The molecule has 1 amide bonds. The highest BCUT2D eigenvalue weighted by Gasteiger charge is 2.36. The molecule has 16 heavy (non-hydrogen) atoms. The molecule has 0 radical (unpaired) electrons. The van der Waals surface area contributed by atoms with E-state index in [9.17, 15) is 15.0 Å². The first-order valence-corrected chi connectivity index (χ1v) is 5.49. The van der Waals surface area contributed by atoms with Crippen molar-refractivity contribution >= 4 is 5.91 Å². The van der Waals surface area contributed by atoms with Gasteiger partial charge in [-0.1, -0.05) is 0 Å². The number of hydrogen-bond donors (Lipinski definition) is 3. The molecule has 0 aromatic heterocycles. The van der Waals surface area contributed by atoms with Gasteiger partial charge in [0.15, 0.2) is 0 Å². The summed E-state index contributed by atoms with van der Waals surface area (Å²) in [6, 6.07) is 0. The van der Waals surface area contributed by atoms with Gasteiger partial charge in [-0.05, 0) is 6.92 Å². The molecule has 0 saturated carbocycles. The van der Waals surface area contributed by atoms with Gasteiger partial charge in [0.25, 0.3) is 0 Å². The number of likely N-dealkylation sites (tertiary alicyclic amines) is 1. The minimum atomic E-state index is -0.829. The van der Waals surface area contributed by atoms with Gasteiger partial charge in [-0.25, -0.2) is 0 Å². The molecule has 6 heteroatoms. The highest BCUT2D eigenvalue weighted by atomic mass is 16.5. The summed E-state index contributed by atoms with van der Waals surface area (Å²) in [5.74, 6) is -0.177. The van der Waals surface area contributed by atoms with Gasteiger partial charge in [0.05, 0.1) is 17.8 Å². The van der Waals surface area contributed by atoms with Gasteiger partial charge in [-0.3, -0.25) is 4.79 Å². The lowest BCUT2D eigenvalue weighted by molar-refractivity contribution is -0.145. The Morgan fingerprint density at radius 2 is 2.00 bits per heavy atom. The lowest BCUT2D eigenvalue weighted by atomic mass is 10.0. The Morgan fingerprint density at radius 3 is 2.44 bits per heavy atom. The maximum atomic E-state index is 11.7. The number of nitrogens with zero attached hydrogens (tertiary/aromatic N) is 1.